The number of benzene rings is 2. The van der Waals surface area contributed by atoms with Crippen molar-refractivity contribution in [1.82, 2.24) is 9.97 Å². The Kier molecular flexibility index (Phi) is 5.81. The minimum Gasteiger partial charge on any atom is -0.337 e. The van der Waals surface area contributed by atoms with Gasteiger partial charge in [-0.15, -0.1) is 0 Å². The molecular formula is C22H24N4O. The van der Waals surface area contributed by atoms with Crippen LogP contribution in [0.4, 0.5) is 11.6 Å². The molecule has 1 N–H and O–H groups in total. The van der Waals surface area contributed by atoms with E-state index in [9.17, 15) is 4.79 Å². The topological polar surface area (TPSA) is 58.1 Å². The van der Waals surface area contributed by atoms with E-state index >= 15 is 0 Å². The van der Waals surface area contributed by atoms with Crippen molar-refractivity contribution in [2.75, 3.05) is 16.8 Å². The lowest BCUT2D eigenvalue weighted by atomic mass is 10.1. The summed E-state index contributed by atoms with van der Waals surface area (Å²) in [4.78, 5) is 23.6. The minimum absolute atomic E-state index is 0.230. The molecule has 0 fully saturated rings. The Bertz CT molecular complexity index is 904. The molecule has 5 nitrogen and oxygen atoms in total. The molecule has 0 bridgehead atoms. The Hall–Kier alpha value is -3.21. The molecule has 0 unspecified atom stereocenters. The van der Waals surface area contributed by atoms with Crippen molar-refractivity contribution in [1.29, 1.82) is 0 Å². The van der Waals surface area contributed by atoms with Crippen molar-refractivity contribution in [2.45, 2.75) is 27.3 Å². The van der Waals surface area contributed by atoms with E-state index in [0.717, 1.165) is 23.4 Å². The Morgan fingerprint density at radius 2 is 1.70 bits per heavy atom. The summed E-state index contributed by atoms with van der Waals surface area (Å²) >= 11 is 0. The van der Waals surface area contributed by atoms with Crippen LogP contribution in [0.2, 0.25) is 0 Å². The molecular weight excluding hydrogens is 336 g/mol. The number of nitrogens with one attached hydrogen (secondary N) is 1. The maximum absolute atomic E-state index is 12.7. The van der Waals surface area contributed by atoms with Gasteiger partial charge in [0.15, 0.2) is 0 Å². The van der Waals surface area contributed by atoms with E-state index in [-0.39, 0.29) is 5.91 Å². The highest BCUT2D eigenvalue weighted by atomic mass is 16.1. The maximum atomic E-state index is 12.7. The third-order valence-corrected chi connectivity index (χ3v) is 4.48. The molecule has 2 aromatic carbocycles. The van der Waals surface area contributed by atoms with Crippen molar-refractivity contribution in [3.63, 3.8) is 0 Å². The smallest absolute Gasteiger partial charge is 0.274 e. The summed E-state index contributed by atoms with van der Waals surface area (Å²) in [5.74, 6) is 0.322. The second kappa shape index (κ2) is 8.45. The number of rotatable bonds is 6. The standard InChI is InChI=1S/C22H24N4O/c1-4-26(15-18-11-6-5-7-12-18)22-23-14-13-19(24-22)21(27)25-20-16(2)9-8-10-17(20)3/h5-14H,4,15H2,1-3H3,(H,25,27). The van der Waals surface area contributed by atoms with Crippen molar-refractivity contribution in [3.05, 3.63) is 83.2 Å². The van der Waals surface area contributed by atoms with E-state index in [1.807, 2.05) is 55.1 Å². The summed E-state index contributed by atoms with van der Waals surface area (Å²) in [6.45, 7) is 7.45. The molecule has 3 aromatic rings. The van der Waals surface area contributed by atoms with Crippen LogP contribution in [-0.4, -0.2) is 22.4 Å². The zero-order valence-corrected chi connectivity index (χ0v) is 15.9. The molecule has 1 aromatic heterocycles. The van der Waals surface area contributed by atoms with Crippen molar-refractivity contribution in [2.24, 2.45) is 0 Å². The third-order valence-electron chi connectivity index (χ3n) is 4.48. The summed E-state index contributed by atoms with van der Waals surface area (Å²) in [7, 11) is 0. The van der Waals surface area contributed by atoms with Crippen LogP contribution in [0.5, 0.6) is 0 Å². The molecule has 1 amide bonds. The zero-order chi connectivity index (χ0) is 19.2. The Labute approximate surface area is 160 Å². The number of aromatic nitrogens is 2. The Morgan fingerprint density at radius 1 is 1.00 bits per heavy atom. The molecule has 1 heterocycles. The SMILES string of the molecule is CCN(Cc1ccccc1)c1nccc(C(=O)Nc2c(C)cccc2C)n1. The first-order valence-corrected chi connectivity index (χ1v) is 9.08. The molecule has 0 aliphatic heterocycles. The predicted octanol–water partition coefficient (Wildman–Crippen LogP) is 4.37. The maximum Gasteiger partial charge on any atom is 0.274 e. The molecule has 0 aliphatic rings. The number of para-hydroxylation sites is 1. The van der Waals surface area contributed by atoms with Crippen LogP contribution in [0, 0.1) is 13.8 Å². The summed E-state index contributed by atoms with van der Waals surface area (Å²) in [6, 6.07) is 17.7. The second-order valence-electron chi connectivity index (χ2n) is 6.46. The van der Waals surface area contributed by atoms with Gasteiger partial charge in [-0.3, -0.25) is 4.79 Å². The third kappa shape index (κ3) is 4.50. The van der Waals surface area contributed by atoms with Crippen LogP contribution in [0.1, 0.15) is 34.1 Å². The quantitative estimate of drug-likeness (QED) is 0.709. The van der Waals surface area contributed by atoms with E-state index in [2.05, 4.69) is 34.3 Å². The molecule has 5 heteroatoms. The number of carbonyl (C=O) groups excluding carboxylic acids is 1. The fraction of sp³-hybridized carbons (Fsp3) is 0.227. The van der Waals surface area contributed by atoms with Gasteiger partial charge in [0, 0.05) is 25.0 Å². The average Bonchev–Trinajstić information content (AvgIpc) is 2.70. The van der Waals surface area contributed by atoms with Crippen molar-refractivity contribution >= 4 is 17.5 Å². The van der Waals surface area contributed by atoms with Gasteiger partial charge in [-0.1, -0.05) is 48.5 Å². The number of anilines is 2. The average molecular weight is 360 g/mol. The molecule has 0 spiro atoms. The largest absolute Gasteiger partial charge is 0.337 e. The molecule has 138 valence electrons. The molecule has 3 rings (SSSR count). The van der Waals surface area contributed by atoms with Gasteiger partial charge in [-0.25, -0.2) is 9.97 Å². The predicted molar refractivity (Wildman–Crippen MR) is 109 cm³/mol. The van der Waals surface area contributed by atoms with Gasteiger partial charge in [0.25, 0.3) is 5.91 Å². The molecule has 0 aliphatic carbocycles. The van der Waals surface area contributed by atoms with E-state index < -0.39 is 0 Å². The Morgan fingerprint density at radius 3 is 2.37 bits per heavy atom. The fourth-order valence-electron chi connectivity index (χ4n) is 2.94. The van der Waals surface area contributed by atoms with Crippen LogP contribution in [0.15, 0.2) is 60.8 Å². The molecule has 27 heavy (non-hydrogen) atoms. The fourth-order valence-corrected chi connectivity index (χ4v) is 2.94. The lowest BCUT2D eigenvalue weighted by Gasteiger charge is -2.21. The number of hydrogen-bond acceptors (Lipinski definition) is 4. The minimum atomic E-state index is -0.230. The van der Waals surface area contributed by atoms with Gasteiger partial charge >= 0.3 is 0 Å². The Balaban J connectivity index is 1.80. The highest BCUT2D eigenvalue weighted by molar-refractivity contribution is 6.03. The van der Waals surface area contributed by atoms with Gasteiger partial charge in [0.05, 0.1) is 0 Å². The van der Waals surface area contributed by atoms with Crippen molar-refractivity contribution < 1.29 is 4.79 Å². The monoisotopic (exact) mass is 360 g/mol. The van der Waals surface area contributed by atoms with Gasteiger partial charge in [-0.05, 0) is 43.5 Å². The number of amides is 1. The first-order chi connectivity index (χ1) is 13.1. The van der Waals surface area contributed by atoms with Crippen LogP contribution < -0.4 is 10.2 Å². The van der Waals surface area contributed by atoms with Crippen LogP contribution in [0.25, 0.3) is 0 Å². The molecule has 0 saturated heterocycles. The summed E-state index contributed by atoms with van der Waals surface area (Å²) in [5, 5.41) is 2.98. The summed E-state index contributed by atoms with van der Waals surface area (Å²) in [6.07, 6.45) is 1.63. The molecule has 0 atom stereocenters. The second-order valence-corrected chi connectivity index (χ2v) is 6.46. The van der Waals surface area contributed by atoms with E-state index in [1.165, 1.54) is 5.56 Å². The first kappa shape index (κ1) is 18.6. The first-order valence-electron chi connectivity index (χ1n) is 9.08. The van der Waals surface area contributed by atoms with Crippen molar-refractivity contribution in [3.8, 4) is 0 Å². The lowest BCUT2D eigenvalue weighted by Crippen LogP contribution is -2.25. The van der Waals surface area contributed by atoms with Gasteiger partial charge in [-0.2, -0.15) is 0 Å². The summed E-state index contributed by atoms with van der Waals surface area (Å²) in [5.41, 5.74) is 4.41. The normalized spacial score (nSPS) is 10.5. The van der Waals surface area contributed by atoms with Crippen LogP contribution in [0.3, 0.4) is 0 Å². The van der Waals surface area contributed by atoms with Gasteiger partial charge in [0.2, 0.25) is 5.95 Å². The van der Waals surface area contributed by atoms with Gasteiger partial charge < -0.3 is 10.2 Å². The van der Waals surface area contributed by atoms with E-state index in [0.29, 0.717) is 18.2 Å². The molecule has 0 saturated carbocycles. The van der Waals surface area contributed by atoms with Gasteiger partial charge in [0.1, 0.15) is 5.69 Å². The number of aryl methyl sites for hydroxylation is 2. The summed E-state index contributed by atoms with van der Waals surface area (Å²) < 4.78 is 0. The highest BCUT2D eigenvalue weighted by Crippen LogP contribution is 2.20. The number of hydrogen-bond donors (Lipinski definition) is 1. The lowest BCUT2D eigenvalue weighted by molar-refractivity contribution is 0.102. The zero-order valence-electron chi connectivity index (χ0n) is 15.9. The van der Waals surface area contributed by atoms with E-state index in [4.69, 9.17) is 0 Å². The van der Waals surface area contributed by atoms with E-state index in [1.54, 1.807) is 12.3 Å². The number of carbonyl (C=O) groups is 1. The number of nitrogens with zero attached hydrogens (tertiary/aromatic N) is 3. The molecule has 0 radical (unpaired) electrons. The van der Waals surface area contributed by atoms with Crippen LogP contribution >= 0.6 is 0 Å². The van der Waals surface area contributed by atoms with Crippen LogP contribution in [-0.2, 0) is 6.54 Å². The highest BCUT2D eigenvalue weighted by Gasteiger charge is 2.14.